The molecule has 0 bridgehead atoms. The standard InChI is InChI=1S/C36H44BP4/c1-34(2,3)27-25-31(35(4,5)6)33(32(26-27)36(7,8)9)38-40-39(41(38)40)37(28-19-13-10-14-20-28,29-21-15-11-16-22-29)30-23-17-12-18-24-30/h10-26H,1-9H3/q-1. The lowest BCUT2D eigenvalue weighted by atomic mass is 9.34. The van der Waals surface area contributed by atoms with E-state index in [1.807, 2.05) is 5.30 Å². The molecule has 0 aliphatic carbocycles. The van der Waals surface area contributed by atoms with Gasteiger partial charge in [-0.2, -0.15) is 16.4 Å². The second-order valence-electron chi connectivity index (χ2n) is 14.9. The zero-order valence-corrected chi connectivity index (χ0v) is 29.8. The maximum absolute atomic E-state index is 2.61. The number of rotatable bonds is 5. The van der Waals surface area contributed by atoms with Crippen molar-refractivity contribution in [3.63, 3.8) is 0 Å². The average Bonchev–Trinajstić information content (AvgIpc) is 3.83. The molecule has 2 aromatic heterocycles. The van der Waals surface area contributed by atoms with Gasteiger partial charge in [0.25, 0.3) is 0 Å². The Bertz CT molecular complexity index is 1610. The van der Waals surface area contributed by atoms with Crippen LogP contribution < -0.4 is 16.4 Å². The third-order valence-electron chi connectivity index (χ3n) is 8.79. The van der Waals surface area contributed by atoms with Gasteiger partial charge in [-0.3, -0.25) is 0 Å². The van der Waals surface area contributed by atoms with Crippen LogP contribution in [0.25, 0.3) is 5.30 Å². The Morgan fingerprint density at radius 1 is 0.463 bits per heavy atom. The Hall–Kier alpha value is -1.86. The molecule has 0 amide bonds. The van der Waals surface area contributed by atoms with Gasteiger partial charge < -0.3 is 0 Å². The van der Waals surface area contributed by atoms with E-state index >= 15 is 0 Å². The van der Waals surface area contributed by atoms with Crippen molar-refractivity contribution >= 4 is 48.6 Å². The molecule has 0 fully saturated rings. The van der Waals surface area contributed by atoms with Crippen LogP contribution in [0.5, 0.6) is 0 Å². The van der Waals surface area contributed by atoms with E-state index in [0.29, 0.717) is 0 Å². The van der Waals surface area contributed by atoms with Crippen LogP contribution >= 0.6 is 26.4 Å². The molecule has 2 atom stereocenters. The molecule has 5 heteroatoms. The van der Waals surface area contributed by atoms with Crippen molar-refractivity contribution in [2.75, 3.05) is 0 Å². The Morgan fingerprint density at radius 3 is 1.10 bits per heavy atom. The second-order valence-corrected chi connectivity index (χ2v) is 38.1. The molecular formula is C36H44BP4-. The molecule has 212 valence electrons. The molecule has 6 aromatic rings. The maximum Gasteiger partial charge on any atom is 0.138 e. The highest BCUT2D eigenvalue weighted by atomic mass is 33.1. The van der Waals surface area contributed by atoms with Crippen molar-refractivity contribution in [3.8, 4) is 5.30 Å². The molecule has 0 aliphatic rings. The third-order valence-corrected chi connectivity index (χ3v) is 48.4. The Kier molecular flexibility index (Phi) is 7.21. The van der Waals surface area contributed by atoms with Gasteiger partial charge in [0.1, 0.15) is 5.87 Å². The lowest BCUT2D eigenvalue weighted by Gasteiger charge is -2.42. The smallest absolute Gasteiger partial charge is 0.138 e. The largest absolute Gasteiger partial charge is 0.216 e. The number of hydrogen-bond donors (Lipinski definition) is 0. The van der Waals surface area contributed by atoms with E-state index in [4.69, 9.17) is 0 Å². The lowest BCUT2D eigenvalue weighted by Crippen LogP contribution is -2.63. The minimum atomic E-state index is -0.953. The molecule has 6 rings (SSSR count). The van der Waals surface area contributed by atoms with Gasteiger partial charge in [0.2, 0.25) is 0 Å². The SMILES string of the molecule is CC(C)(C)c1cc(C(C)(C)C)c(-p2p3p([B-](c4ccccc4)(c4ccccc4)c4ccccc4)p23)c(C(C)(C)C)c1. The first-order valence-electron chi connectivity index (χ1n) is 15.0. The summed E-state index contributed by atoms with van der Waals surface area (Å²) in [5, 5.41) is 1.81. The minimum absolute atomic E-state index is 0.0286. The number of benzene rings is 4. The molecule has 0 spiro atoms. The molecule has 0 nitrogen and oxygen atoms in total. The van der Waals surface area contributed by atoms with Gasteiger partial charge in [0.15, 0.2) is 0 Å². The van der Waals surface area contributed by atoms with Gasteiger partial charge >= 0.3 is 0 Å². The third kappa shape index (κ3) is 4.97. The highest BCUT2D eigenvalue weighted by molar-refractivity contribution is 9.13. The highest BCUT2D eigenvalue weighted by Crippen LogP contribution is 3.13. The molecule has 0 aliphatic heterocycles. The van der Waals surface area contributed by atoms with Crippen molar-refractivity contribution in [2.45, 2.75) is 78.6 Å². The predicted octanol–water partition coefficient (Wildman–Crippen LogP) is 11.2. The molecule has 2 heterocycles. The van der Waals surface area contributed by atoms with Gasteiger partial charge in [-0.15, -0.1) is 0 Å². The average molecular weight is 611 g/mol. The molecule has 4 aromatic carbocycles. The van der Waals surface area contributed by atoms with E-state index in [9.17, 15) is 0 Å². The normalized spacial score (nSPS) is 15.2. The fourth-order valence-corrected chi connectivity index (χ4v) is 64.5. The molecule has 41 heavy (non-hydrogen) atoms. The van der Waals surface area contributed by atoms with Crippen molar-refractivity contribution < 1.29 is 0 Å². The van der Waals surface area contributed by atoms with Crippen LogP contribution in [-0.4, -0.2) is 5.87 Å². The highest BCUT2D eigenvalue weighted by Gasteiger charge is 2.46. The Morgan fingerprint density at radius 2 is 0.805 bits per heavy atom. The van der Waals surface area contributed by atoms with E-state index in [-0.39, 0.29) is 42.6 Å². The Balaban J connectivity index is 1.64. The number of hydrogen-bond acceptors (Lipinski definition) is 0. The van der Waals surface area contributed by atoms with E-state index in [1.165, 1.54) is 5.56 Å². The summed E-state index contributed by atoms with van der Waals surface area (Å²) in [6.45, 7) is 21.7. The van der Waals surface area contributed by atoms with Crippen LogP contribution in [0.3, 0.4) is 0 Å². The van der Waals surface area contributed by atoms with Crippen LogP contribution in [0.2, 0.25) is 0 Å². The van der Waals surface area contributed by atoms with Crippen molar-refractivity contribution in [1.29, 1.82) is 0 Å². The predicted molar refractivity (Wildman–Crippen MR) is 194 cm³/mol. The summed E-state index contributed by atoms with van der Waals surface area (Å²) in [6, 6.07) is 40.0. The second kappa shape index (κ2) is 10.1. The summed E-state index contributed by atoms with van der Waals surface area (Å²) in [5.74, 6) is -0.953. The first kappa shape index (κ1) is 29.2. The number of fused-ring (bicyclic) bond motifs is 1. The van der Waals surface area contributed by atoms with Crippen LogP contribution in [0.4, 0.5) is 0 Å². The molecule has 0 N–H and O–H groups in total. The molecule has 0 saturated carbocycles. The van der Waals surface area contributed by atoms with E-state index in [1.54, 1.807) is 27.5 Å². The summed E-state index contributed by atoms with van der Waals surface area (Å²) in [4.78, 5) is 0. The molecular weight excluding hydrogens is 567 g/mol. The Labute approximate surface area is 251 Å². The van der Waals surface area contributed by atoms with E-state index < -0.39 is 5.87 Å². The van der Waals surface area contributed by atoms with Crippen LogP contribution in [0.15, 0.2) is 103 Å². The van der Waals surface area contributed by atoms with Gasteiger partial charge in [0, 0.05) is 5.30 Å². The topological polar surface area (TPSA) is 0 Å². The monoisotopic (exact) mass is 611 g/mol. The molecule has 0 saturated heterocycles. The first-order valence-corrected chi connectivity index (χ1v) is 23.9. The zero-order valence-electron chi connectivity index (χ0n) is 26.2. The van der Waals surface area contributed by atoms with Gasteiger partial charge in [-0.25, -0.2) is 6.77 Å². The summed E-state index contributed by atoms with van der Waals surface area (Å²) in [5.41, 5.74) is 9.88. The first-order chi connectivity index (χ1) is 19.3. The summed E-state index contributed by atoms with van der Waals surface area (Å²) >= 11 is 0. The zero-order chi connectivity index (χ0) is 29.4. The van der Waals surface area contributed by atoms with Gasteiger partial charge in [0.05, 0.1) is 0 Å². The lowest BCUT2D eigenvalue weighted by molar-refractivity contribution is 0.552. The summed E-state index contributed by atoms with van der Waals surface area (Å²) in [7, 11) is 0. The van der Waals surface area contributed by atoms with Crippen LogP contribution in [0.1, 0.15) is 79.0 Å². The van der Waals surface area contributed by atoms with Crippen molar-refractivity contribution in [2.24, 2.45) is 0 Å². The van der Waals surface area contributed by atoms with Crippen molar-refractivity contribution in [3.05, 3.63) is 120 Å². The van der Waals surface area contributed by atoms with Gasteiger partial charge in [-0.1, -0.05) is 178 Å². The quantitative estimate of drug-likeness (QED) is 0.170. The molecule has 2 unspecified atom stereocenters. The summed E-state index contributed by atoms with van der Waals surface area (Å²) in [6.07, 6.45) is 0.184. The van der Waals surface area contributed by atoms with Crippen molar-refractivity contribution in [1.82, 2.24) is 0 Å². The molecule has 0 radical (unpaired) electrons. The van der Waals surface area contributed by atoms with Gasteiger partial charge in [-0.05, 0) is 39.8 Å². The van der Waals surface area contributed by atoms with Crippen LogP contribution in [0, 0.1) is 0 Å². The van der Waals surface area contributed by atoms with Crippen LogP contribution in [-0.2, 0) is 16.2 Å². The summed E-state index contributed by atoms with van der Waals surface area (Å²) < 4.78 is 0. The van der Waals surface area contributed by atoms with E-state index in [2.05, 4.69) is 165 Å². The maximum atomic E-state index is 2.61. The fourth-order valence-electron chi connectivity index (χ4n) is 6.47. The van der Waals surface area contributed by atoms with E-state index in [0.717, 1.165) is 0 Å². The minimum Gasteiger partial charge on any atom is -0.216 e. The fraction of sp³-hybridized carbons (Fsp3) is 0.333.